The van der Waals surface area contributed by atoms with Gasteiger partial charge in [0.15, 0.2) is 0 Å². The fourth-order valence-corrected chi connectivity index (χ4v) is 2.36. The van der Waals surface area contributed by atoms with E-state index in [-0.39, 0.29) is 11.8 Å². The van der Waals surface area contributed by atoms with Crippen molar-refractivity contribution >= 4 is 34.6 Å². The minimum Gasteiger partial charge on any atom is -0.399 e. The fraction of sp³-hybridized carbons (Fsp3) is 0. The Balaban J connectivity index is 1.77. The van der Waals surface area contributed by atoms with E-state index in [4.69, 9.17) is 11.5 Å². The lowest BCUT2D eigenvalue weighted by Gasteiger charge is -2.12. The first-order valence-corrected chi connectivity index (χ1v) is 7.96. The highest BCUT2D eigenvalue weighted by Crippen LogP contribution is 2.23. The molecule has 0 aliphatic heterocycles. The van der Waals surface area contributed by atoms with Crippen LogP contribution in [0.4, 0.5) is 22.7 Å². The second kappa shape index (κ2) is 7.40. The maximum atomic E-state index is 12.4. The molecule has 26 heavy (non-hydrogen) atoms. The van der Waals surface area contributed by atoms with Crippen LogP contribution in [0.15, 0.2) is 72.8 Å². The number of para-hydroxylation sites is 2. The van der Waals surface area contributed by atoms with Gasteiger partial charge in [-0.05, 0) is 60.7 Å². The number of hydrogen-bond donors (Lipinski definition) is 4. The predicted octanol–water partition coefficient (Wildman–Crippen LogP) is 3.36. The molecule has 3 aromatic carbocycles. The van der Waals surface area contributed by atoms with E-state index in [2.05, 4.69) is 10.6 Å². The van der Waals surface area contributed by atoms with Gasteiger partial charge in [-0.2, -0.15) is 0 Å². The van der Waals surface area contributed by atoms with Crippen LogP contribution in [0, 0.1) is 0 Å². The standard InChI is InChI=1S/C20H18N4O2/c21-15-9-5-13(6-10-15)19(25)23-17-3-1-2-4-18(17)24-20(26)14-7-11-16(22)12-8-14/h1-12H,21-22H2,(H,23,25)(H,24,26). The zero-order valence-corrected chi connectivity index (χ0v) is 13.9. The number of nitrogens with two attached hydrogens (primary N) is 2. The van der Waals surface area contributed by atoms with Gasteiger partial charge in [0.2, 0.25) is 0 Å². The lowest BCUT2D eigenvalue weighted by Crippen LogP contribution is -2.16. The van der Waals surface area contributed by atoms with Gasteiger partial charge in [-0.3, -0.25) is 9.59 Å². The number of carbonyl (C=O) groups excluding carboxylic acids is 2. The molecule has 6 nitrogen and oxygen atoms in total. The summed E-state index contributed by atoms with van der Waals surface area (Å²) in [5, 5.41) is 5.60. The average Bonchev–Trinajstić information content (AvgIpc) is 2.64. The Kier molecular flexibility index (Phi) is 4.85. The minimum atomic E-state index is -0.292. The Morgan fingerprint density at radius 1 is 0.577 bits per heavy atom. The van der Waals surface area contributed by atoms with Crippen LogP contribution in [0.1, 0.15) is 20.7 Å². The molecule has 0 unspecified atom stereocenters. The molecule has 2 amide bonds. The quantitative estimate of drug-likeness (QED) is 0.543. The topological polar surface area (TPSA) is 110 Å². The molecule has 3 aromatic rings. The summed E-state index contributed by atoms with van der Waals surface area (Å²) < 4.78 is 0. The smallest absolute Gasteiger partial charge is 0.255 e. The van der Waals surface area contributed by atoms with Gasteiger partial charge in [-0.25, -0.2) is 0 Å². The fourth-order valence-electron chi connectivity index (χ4n) is 2.36. The van der Waals surface area contributed by atoms with Crippen molar-refractivity contribution in [3.05, 3.63) is 83.9 Å². The third kappa shape index (κ3) is 3.99. The molecule has 0 heterocycles. The third-order valence-electron chi connectivity index (χ3n) is 3.77. The van der Waals surface area contributed by atoms with Crippen LogP contribution in [-0.2, 0) is 0 Å². The Morgan fingerprint density at radius 2 is 0.923 bits per heavy atom. The highest BCUT2D eigenvalue weighted by molar-refractivity contribution is 6.10. The molecule has 0 fully saturated rings. The SMILES string of the molecule is Nc1ccc(C(=O)Nc2ccccc2NC(=O)c2ccc(N)cc2)cc1. The number of carbonyl (C=O) groups is 2. The van der Waals surface area contributed by atoms with Crippen molar-refractivity contribution in [3.63, 3.8) is 0 Å². The van der Waals surface area contributed by atoms with E-state index in [1.807, 2.05) is 0 Å². The second-order valence-electron chi connectivity index (χ2n) is 5.70. The molecule has 3 rings (SSSR count). The first kappa shape index (κ1) is 17.0. The number of anilines is 4. The summed E-state index contributed by atoms with van der Waals surface area (Å²) in [6.07, 6.45) is 0. The summed E-state index contributed by atoms with van der Waals surface area (Å²) in [5.74, 6) is -0.585. The highest BCUT2D eigenvalue weighted by atomic mass is 16.2. The second-order valence-corrected chi connectivity index (χ2v) is 5.70. The molecule has 0 aliphatic rings. The van der Waals surface area contributed by atoms with E-state index in [1.165, 1.54) is 0 Å². The Labute approximate surface area is 150 Å². The van der Waals surface area contributed by atoms with Crippen LogP contribution in [0.5, 0.6) is 0 Å². The molecule has 0 atom stereocenters. The summed E-state index contributed by atoms with van der Waals surface area (Å²) in [4.78, 5) is 24.8. The molecule has 0 saturated heterocycles. The molecule has 0 radical (unpaired) electrons. The van der Waals surface area contributed by atoms with Gasteiger partial charge in [-0.1, -0.05) is 12.1 Å². The van der Waals surface area contributed by atoms with E-state index < -0.39 is 0 Å². The molecule has 0 spiro atoms. The van der Waals surface area contributed by atoms with Crippen LogP contribution in [0.3, 0.4) is 0 Å². The largest absolute Gasteiger partial charge is 0.399 e. The van der Waals surface area contributed by atoms with Crippen molar-refractivity contribution in [3.8, 4) is 0 Å². The van der Waals surface area contributed by atoms with E-state index in [0.717, 1.165) is 0 Å². The van der Waals surface area contributed by atoms with Crippen molar-refractivity contribution in [1.29, 1.82) is 0 Å². The number of amides is 2. The van der Waals surface area contributed by atoms with Crippen LogP contribution >= 0.6 is 0 Å². The van der Waals surface area contributed by atoms with Crippen molar-refractivity contribution in [2.75, 3.05) is 22.1 Å². The molecule has 0 aliphatic carbocycles. The highest BCUT2D eigenvalue weighted by Gasteiger charge is 2.12. The summed E-state index contributed by atoms with van der Waals surface area (Å²) in [7, 11) is 0. The van der Waals surface area contributed by atoms with Gasteiger partial charge in [-0.15, -0.1) is 0 Å². The first-order chi connectivity index (χ1) is 12.5. The Morgan fingerprint density at radius 3 is 1.27 bits per heavy atom. The summed E-state index contributed by atoms with van der Waals surface area (Å²) in [6, 6.07) is 20.2. The van der Waals surface area contributed by atoms with Crippen LogP contribution < -0.4 is 22.1 Å². The first-order valence-electron chi connectivity index (χ1n) is 7.96. The van der Waals surface area contributed by atoms with Crippen molar-refractivity contribution in [2.24, 2.45) is 0 Å². The molecule has 130 valence electrons. The average molecular weight is 346 g/mol. The Hall–Kier alpha value is -3.80. The van der Waals surface area contributed by atoms with Crippen molar-refractivity contribution < 1.29 is 9.59 Å². The third-order valence-corrected chi connectivity index (χ3v) is 3.77. The zero-order valence-electron chi connectivity index (χ0n) is 13.9. The molecular weight excluding hydrogens is 328 g/mol. The molecule has 0 aromatic heterocycles. The number of hydrogen-bond acceptors (Lipinski definition) is 4. The molecule has 0 bridgehead atoms. The maximum absolute atomic E-state index is 12.4. The van der Waals surface area contributed by atoms with Gasteiger partial charge < -0.3 is 22.1 Å². The van der Waals surface area contributed by atoms with Gasteiger partial charge >= 0.3 is 0 Å². The van der Waals surface area contributed by atoms with Gasteiger partial charge in [0.25, 0.3) is 11.8 Å². The van der Waals surface area contributed by atoms with Gasteiger partial charge in [0, 0.05) is 22.5 Å². The normalized spacial score (nSPS) is 10.2. The van der Waals surface area contributed by atoms with E-state index in [0.29, 0.717) is 33.9 Å². The van der Waals surface area contributed by atoms with E-state index in [1.54, 1.807) is 72.8 Å². The number of benzene rings is 3. The number of nitrogen functional groups attached to an aromatic ring is 2. The van der Waals surface area contributed by atoms with Gasteiger partial charge in [0.05, 0.1) is 11.4 Å². The molecular formula is C20H18N4O2. The summed E-state index contributed by atoms with van der Waals surface area (Å²) >= 11 is 0. The minimum absolute atomic E-state index is 0.292. The van der Waals surface area contributed by atoms with Gasteiger partial charge in [0.1, 0.15) is 0 Å². The Bertz CT molecular complexity index is 856. The number of rotatable bonds is 4. The number of nitrogens with one attached hydrogen (secondary N) is 2. The molecule has 0 saturated carbocycles. The van der Waals surface area contributed by atoms with Crippen molar-refractivity contribution in [1.82, 2.24) is 0 Å². The monoisotopic (exact) mass is 346 g/mol. The predicted molar refractivity (Wildman–Crippen MR) is 104 cm³/mol. The summed E-state index contributed by atoms with van der Waals surface area (Å²) in [6.45, 7) is 0. The summed E-state index contributed by atoms with van der Waals surface area (Å²) in [5.41, 5.74) is 14.4. The molecule has 6 heteroatoms. The van der Waals surface area contributed by atoms with E-state index in [9.17, 15) is 9.59 Å². The van der Waals surface area contributed by atoms with Crippen LogP contribution in [0.25, 0.3) is 0 Å². The van der Waals surface area contributed by atoms with Crippen LogP contribution in [-0.4, -0.2) is 11.8 Å². The lowest BCUT2D eigenvalue weighted by atomic mass is 10.1. The van der Waals surface area contributed by atoms with E-state index >= 15 is 0 Å². The zero-order chi connectivity index (χ0) is 18.5. The van der Waals surface area contributed by atoms with Crippen molar-refractivity contribution in [2.45, 2.75) is 0 Å². The van der Waals surface area contributed by atoms with Crippen LogP contribution in [0.2, 0.25) is 0 Å². The molecule has 6 N–H and O–H groups in total. The maximum Gasteiger partial charge on any atom is 0.255 e. The lowest BCUT2D eigenvalue weighted by molar-refractivity contribution is 0.101.